The molecule has 1 amide bonds. The van der Waals surface area contributed by atoms with Gasteiger partial charge in [-0.25, -0.2) is 0 Å². The van der Waals surface area contributed by atoms with Gasteiger partial charge >= 0.3 is 0 Å². The third kappa shape index (κ3) is 3.43. The molecule has 4 heteroatoms. The molecule has 24 heavy (non-hydrogen) atoms. The van der Waals surface area contributed by atoms with Crippen LogP contribution in [0.3, 0.4) is 0 Å². The molecule has 0 aliphatic carbocycles. The molecule has 1 heterocycles. The van der Waals surface area contributed by atoms with Crippen molar-refractivity contribution >= 4 is 17.7 Å². The van der Waals surface area contributed by atoms with E-state index in [-0.39, 0.29) is 5.91 Å². The number of rotatable bonds is 4. The Morgan fingerprint density at radius 1 is 1.04 bits per heavy atom. The van der Waals surface area contributed by atoms with Crippen LogP contribution in [0.4, 0.5) is 5.69 Å². The van der Waals surface area contributed by atoms with Gasteiger partial charge in [0.05, 0.1) is 5.57 Å². The molecule has 0 atom stereocenters. The Hall–Kier alpha value is -2.75. The zero-order chi connectivity index (χ0) is 17.1. The number of hydrogen-bond donors (Lipinski definition) is 0. The number of benzene rings is 2. The zero-order valence-electron chi connectivity index (χ0n) is 14.3. The Kier molecular flexibility index (Phi) is 4.56. The summed E-state index contributed by atoms with van der Waals surface area (Å²) in [6, 6.07) is 16.0. The fourth-order valence-corrected chi connectivity index (χ4v) is 2.73. The van der Waals surface area contributed by atoms with Gasteiger partial charge in [0.2, 0.25) is 0 Å². The van der Waals surface area contributed by atoms with Gasteiger partial charge in [-0.3, -0.25) is 4.79 Å². The molecule has 0 aromatic heterocycles. The summed E-state index contributed by atoms with van der Waals surface area (Å²) in [4.78, 5) is 16.4. The van der Waals surface area contributed by atoms with E-state index in [2.05, 4.69) is 29.2 Å². The van der Waals surface area contributed by atoms with E-state index >= 15 is 0 Å². The van der Waals surface area contributed by atoms with Crippen LogP contribution in [0.1, 0.15) is 11.1 Å². The minimum absolute atomic E-state index is 0.00110. The average molecular weight is 322 g/mol. The number of nitrogens with zero attached hydrogens (tertiary/aromatic N) is 2. The van der Waals surface area contributed by atoms with E-state index in [1.807, 2.05) is 51.5 Å². The van der Waals surface area contributed by atoms with Crippen molar-refractivity contribution in [3.63, 3.8) is 0 Å². The Labute approximate surface area is 143 Å². The summed E-state index contributed by atoms with van der Waals surface area (Å²) in [6.07, 6.45) is 1.92. The van der Waals surface area contributed by atoms with Crippen LogP contribution < -0.4 is 9.64 Å². The van der Waals surface area contributed by atoms with Gasteiger partial charge in [0.1, 0.15) is 12.4 Å². The van der Waals surface area contributed by atoms with Gasteiger partial charge in [-0.05, 0) is 29.8 Å². The maximum Gasteiger partial charge on any atom is 0.253 e. The molecule has 0 saturated heterocycles. The van der Waals surface area contributed by atoms with Crippen LogP contribution in [0.2, 0.25) is 0 Å². The number of anilines is 1. The predicted octanol–water partition coefficient (Wildman–Crippen LogP) is 3.19. The molecule has 0 N–H and O–H groups in total. The second-order valence-corrected chi connectivity index (χ2v) is 6.22. The Morgan fingerprint density at radius 3 is 2.46 bits per heavy atom. The van der Waals surface area contributed by atoms with E-state index in [1.54, 1.807) is 4.90 Å². The van der Waals surface area contributed by atoms with E-state index in [4.69, 9.17) is 4.74 Å². The summed E-state index contributed by atoms with van der Waals surface area (Å²) in [5, 5.41) is 0. The third-order valence-electron chi connectivity index (χ3n) is 4.13. The molecule has 0 spiro atoms. The standard InChI is InChI=1S/C20H22N2O2/c1-21(2)18-10-8-15(9-11-18)13-22(3)20(23)17-12-16-6-4-5-7-19(16)24-14-17/h4-12H,13-14H2,1-3H3. The van der Waals surface area contributed by atoms with Gasteiger partial charge in [-0.2, -0.15) is 0 Å². The van der Waals surface area contributed by atoms with Gasteiger partial charge in [0.25, 0.3) is 5.91 Å². The number of amides is 1. The van der Waals surface area contributed by atoms with E-state index in [9.17, 15) is 4.79 Å². The SMILES string of the molecule is CN(Cc1ccc(N(C)C)cc1)C(=O)C1=Cc2ccccc2OC1. The molecule has 3 rings (SSSR count). The van der Waals surface area contributed by atoms with E-state index in [1.165, 1.54) is 0 Å². The second-order valence-electron chi connectivity index (χ2n) is 6.22. The molecule has 0 radical (unpaired) electrons. The predicted molar refractivity (Wildman–Crippen MR) is 97.2 cm³/mol. The summed E-state index contributed by atoms with van der Waals surface area (Å²) >= 11 is 0. The van der Waals surface area contributed by atoms with Crippen molar-refractivity contribution in [1.82, 2.24) is 4.90 Å². The minimum atomic E-state index is 0.00110. The number of carbonyl (C=O) groups excluding carboxylic acids is 1. The maximum atomic E-state index is 12.7. The second kappa shape index (κ2) is 6.79. The summed E-state index contributed by atoms with van der Waals surface area (Å²) < 4.78 is 5.68. The van der Waals surface area contributed by atoms with Crippen LogP contribution >= 0.6 is 0 Å². The van der Waals surface area contributed by atoms with Crippen molar-refractivity contribution < 1.29 is 9.53 Å². The topological polar surface area (TPSA) is 32.8 Å². The van der Waals surface area contributed by atoms with Gasteiger partial charge in [0, 0.05) is 38.9 Å². The lowest BCUT2D eigenvalue weighted by molar-refractivity contribution is -0.126. The van der Waals surface area contributed by atoms with Crippen LogP contribution in [0, 0.1) is 0 Å². The lowest BCUT2D eigenvalue weighted by Gasteiger charge is -2.23. The lowest BCUT2D eigenvalue weighted by Crippen LogP contribution is -2.30. The highest BCUT2D eigenvalue weighted by Crippen LogP contribution is 2.26. The van der Waals surface area contributed by atoms with Crippen molar-refractivity contribution in [2.45, 2.75) is 6.54 Å². The smallest absolute Gasteiger partial charge is 0.253 e. The molecule has 0 fully saturated rings. The monoisotopic (exact) mass is 322 g/mol. The van der Waals surface area contributed by atoms with Crippen molar-refractivity contribution in [1.29, 1.82) is 0 Å². The number of para-hydroxylation sites is 1. The molecule has 124 valence electrons. The first-order chi connectivity index (χ1) is 11.5. The zero-order valence-corrected chi connectivity index (χ0v) is 14.3. The fraction of sp³-hybridized carbons (Fsp3) is 0.250. The van der Waals surface area contributed by atoms with E-state index in [0.717, 1.165) is 22.6 Å². The van der Waals surface area contributed by atoms with Gasteiger partial charge in [-0.15, -0.1) is 0 Å². The number of fused-ring (bicyclic) bond motifs is 1. The summed E-state index contributed by atoms with van der Waals surface area (Å²) in [5.74, 6) is 0.831. The fourth-order valence-electron chi connectivity index (χ4n) is 2.73. The van der Waals surface area contributed by atoms with Crippen LogP contribution in [-0.2, 0) is 11.3 Å². The summed E-state index contributed by atoms with van der Waals surface area (Å²) in [7, 11) is 5.85. The first-order valence-electron chi connectivity index (χ1n) is 7.99. The van der Waals surface area contributed by atoms with Crippen LogP contribution in [-0.4, -0.2) is 38.6 Å². The number of likely N-dealkylation sites (N-methyl/N-ethyl adjacent to an activating group) is 1. The third-order valence-corrected chi connectivity index (χ3v) is 4.13. The Balaban J connectivity index is 1.70. The maximum absolute atomic E-state index is 12.7. The Bertz CT molecular complexity index is 763. The molecule has 1 aliphatic heterocycles. The molecule has 0 bridgehead atoms. The lowest BCUT2D eigenvalue weighted by atomic mass is 10.1. The van der Waals surface area contributed by atoms with Gasteiger partial charge in [0.15, 0.2) is 0 Å². The Morgan fingerprint density at radius 2 is 1.75 bits per heavy atom. The molecular weight excluding hydrogens is 300 g/mol. The molecule has 0 unspecified atom stereocenters. The van der Waals surface area contributed by atoms with Crippen molar-refractivity contribution in [3.8, 4) is 5.75 Å². The normalized spacial score (nSPS) is 12.7. The summed E-state index contributed by atoms with van der Waals surface area (Å²) in [5.41, 5.74) is 3.89. The molecule has 0 saturated carbocycles. The summed E-state index contributed by atoms with van der Waals surface area (Å²) in [6.45, 7) is 0.894. The van der Waals surface area contributed by atoms with Gasteiger partial charge < -0.3 is 14.5 Å². The number of carbonyl (C=O) groups is 1. The van der Waals surface area contributed by atoms with E-state index < -0.39 is 0 Å². The largest absolute Gasteiger partial charge is 0.488 e. The van der Waals surface area contributed by atoms with Crippen molar-refractivity contribution in [3.05, 3.63) is 65.2 Å². The van der Waals surface area contributed by atoms with Crippen LogP contribution in [0.25, 0.3) is 6.08 Å². The minimum Gasteiger partial charge on any atom is -0.488 e. The first kappa shape index (κ1) is 16.1. The molecule has 2 aromatic carbocycles. The molecule has 2 aromatic rings. The molecule has 4 nitrogen and oxygen atoms in total. The highest BCUT2D eigenvalue weighted by Gasteiger charge is 2.20. The number of ether oxygens (including phenoxy) is 1. The van der Waals surface area contributed by atoms with Gasteiger partial charge in [-0.1, -0.05) is 30.3 Å². The highest BCUT2D eigenvalue weighted by molar-refractivity contribution is 5.99. The van der Waals surface area contributed by atoms with Crippen molar-refractivity contribution in [2.75, 3.05) is 32.6 Å². The van der Waals surface area contributed by atoms with Crippen LogP contribution in [0.15, 0.2) is 54.1 Å². The highest BCUT2D eigenvalue weighted by atomic mass is 16.5. The average Bonchev–Trinajstić information content (AvgIpc) is 2.61. The first-order valence-corrected chi connectivity index (χ1v) is 7.99. The van der Waals surface area contributed by atoms with Crippen molar-refractivity contribution in [2.24, 2.45) is 0 Å². The molecular formula is C20H22N2O2. The van der Waals surface area contributed by atoms with E-state index in [0.29, 0.717) is 18.7 Å². The quantitative estimate of drug-likeness (QED) is 0.867. The number of hydrogen-bond acceptors (Lipinski definition) is 3. The van der Waals surface area contributed by atoms with Crippen LogP contribution in [0.5, 0.6) is 5.75 Å². The molecule has 1 aliphatic rings.